The summed E-state index contributed by atoms with van der Waals surface area (Å²) in [5.41, 5.74) is 3.33. The lowest BCUT2D eigenvalue weighted by atomic mass is 10.0. The van der Waals surface area contributed by atoms with Crippen LogP contribution in [0.4, 0.5) is 0 Å². The van der Waals surface area contributed by atoms with Gasteiger partial charge in [-0.05, 0) is 74.3 Å². The van der Waals surface area contributed by atoms with Crippen LogP contribution in [-0.2, 0) is 0 Å². The number of halogens is 2. The molecule has 0 aromatic heterocycles. The summed E-state index contributed by atoms with van der Waals surface area (Å²) in [4.78, 5) is 0. The molecule has 2 unspecified atom stereocenters. The highest BCUT2D eigenvalue weighted by molar-refractivity contribution is 6.18. The fraction of sp³-hybridized carbons (Fsp3) is 0.778. The van der Waals surface area contributed by atoms with Crippen molar-refractivity contribution < 1.29 is 0 Å². The van der Waals surface area contributed by atoms with E-state index in [-0.39, 0.29) is 0 Å². The molecule has 0 heterocycles. The molecule has 2 atom stereocenters. The third-order valence-corrected chi connectivity index (χ3v) is 5.31. The monoisotopic (exact) mass is 314 g/mol. The molecule has 2 aliphatic rings. The molecule has 0 saturated heterocycles. The highest BCUT2D eigenvalue weighted by Gasteiger charge is 2.22. The van der Waals surface area contributed by atoms with Crippen LogP contribution in [0.3, 0.4) is 0 Å². The van der Waals surface area contributed by atoms with Crippen molar-refractivity contribution in [2.24, 2.45) is 11.8 Å². The Morgan fingerprint density at radius 1 is 0.750 bits per heavy atom. The van der Waals surface area contributed by atoms with Crippen LogP contribution in [0.25, 0.3) is 0 Å². The lowest BCUT2D eigenvalue weighted by Gasteiger charge is -2.04. The van der Waals surface area contributed by atoms with Gasteiger partial charge < -0.3 is 0 Å². The van der Waals surface area contributed by atoms with Crippen molar-refractivity contribution >= 4 is 23.2 Å². The zero-order valence-corrected chi connectivity index (χ0v) is 14.1. The SMILES string of the molecule is ClCCCCC1C=C(C2=CC(CCCCCl)CC2)CC1. The van der Waals surface area contributed by atoms with Gasteiger partial charge in [-0.3, -0.25) is 0 Å². The molecule has 2 heteroatoms. The highest BCUT2D eigenvalue weighted by atomic mass is 35.5. The molecule has 0 N–H and O–H groups in total. The molecule has 0 fully saturated rings. The predicted molar refractivity (Wildman–Crippen MR) is 90.8 cm³/mol. The first-order valence-electron chi connectivity index (χ1n) is 8.37. The van der Waals surface area contributed by atoms with Crippen LogP contribution in [0.1, 0.15) is 64.2 Å². The van der Waals surface area contributed by atoms with Crippen LogP contribution in [0.15, 0.2) is 23.3 Å². The quantitative estimate of drug-likeness (QED) is 0.337. The fourth-order valence-electron chi connectivity index (χ4n) is 3.58. The van der Waals surface area contributed by atoms with E-state index in [1.54, 1.807) is 11.1 Å². The molecule has 0 aliphatic heterocycles. The van der Waals surface area contributed by atoms with Crippen molar-refractivity contribution in [2.45, 2.75) is 64.2 Å². The van der Waals surface area contributed by atoms with E-state index >= 15 is 0 Å². The van der Waals surface area contributed by atoms with Gasteiger partial charge in [0, 0.05) is 11.8 Å². The molecule has 0 amide bonds. The van der Waals surface area contributed by atoms with Crippen LogP contribution in [0, 0.1) is 11.8 Å². The van der Waals surface area contributed by atoms with E-state index in [4.69, 9.17) is 23.2 Å². The Bertz CT molecular complexity index is 309. The largest absolute Gasteiger partial charge is 0.127 e. The lowest BCUT2D eigenvalue weighted by Crippen LogP contribution is -1.91. The molecule has 2 rings (SSSR count). The van der Waals surface area contributed by atoms with Crippen molar-refractivity contribution in [3.63, 3.8) is 0 Å². The first-order chi connectivity index (χ1) is 9.83. The third kappa shape index (κ3) is 5.11. The smallest absolute Gasteiger partial charge is 0.0223 e. The normalized spacial score (nSPS) is 25.9. The van der Waals surface area contributed by atoms with Crippen molar-refractivity contribution in [2.75, 3.05) is 11.8 Å². The standard InChI is InChI=1S/C18H28Cl2/c19-11-3-1-5-15-7-9-17(13-15)18-10-8-16(14-18)6-2-4-12-20/h13-16H,1-12H2. The van der Waals surface area contributed by atoms with Crippen LogP contribution >= 0.6 is 23.2 Å². The van der Waals surface area contributed by atoms with Gasteiger partial charge in [-0.1, -0.05) is 25.0 Å². The van der Waals surface area contributed by atoms with Gasteiger partial charge >= 0.3 is 0 Å². The molecule has 0 nitrogen and oxygen atoms in total. The Morgan fingerprint density at radius 3 is 1.60 bits per heavy atom. The predicted octanol–water partition coefficient (Wildman–Crippen LogP) is 6.48. The highest BCUT2D eigenvalue weighted by Crippen LogP contribution is 2.39. The van der Waals surface area contributed by atoms with Crippen LogP contribution in [0.5, 0.6) is 0 Å². The Hall–Kier alpha value is 0.0600. The van der Waals surface area contributed by atoms with Gasteiger partial charge in [0.2, 0.25) is 0 Å². The molecule has 0 saturated carbocycles. The van der Waals surface area contributed by atoms with Gasteiger partial charge in [-0.25, -0.2) is 0 Å². The van der Waals surface area contributed by atoms with Gasteiger partial charge in [0.1, 0.15) is 0 Å². The zero-order chi connectivity index (χ0) is 14.2. The second-order valence-corrected chi connectivity index (χ2v) is 7.11. The summed E-state index contributed by atoms with van der Waals surface area (Å²) in [5, 5.41) is 0. The van der Waals surface area contributed by atoms with Gasteiger partial charge in [0.05, 0.1) is 0 Å². The number of unbranched alkanes of at least 4 members (excludes halogenated alkanes) is 2. The Kier molecular flexibility index (Phi) is 7.52. The summed E-state index contributed by atoms with van der Waals surface area (Å²) in [5.74, 6) is 3.28. The van der Waals surface area contributed by atoms with E-state index in [9.17, 15) is 0 Å². The van der Waals surface area contributed by atoms with Crippen molar-refractivity contribution in [1.29, 1.82) is 0 Å². The number of hydrogen-bond acceptors (Lipinski definition) is 0. The average molecular weight is 315 g/mol. The average Bonchev–Trinajstić information content (AvgIpc) is 3.08. The van der Waals surface area contributed by atoms with E-state index in [1.807, 2.05) is 0 Å². The Labute approximate surface area is 134 Å². The number of alkyl halides is 2. The van der Waals surface area contributed by atoms with Crippen molar-refractivity contribution in [3.05, 3.63) is 23.3 Å². The van der Waals surface area contributed by atoms with Crippen LogP contribution in [0.2, 0.25) is 0 Å². The first-order valence-corrected chi connectivity index (χ1v) is 9.44. The maximum Gasteiger partial charge on any atom is 0.0223 e. The summed E-state index contributed by atoms with van der Waals surface area (Å²) >= 11 is 11.5. The second kappa shape index (κ2) is 9.15. The van der Waals surface area contributed by atoms with E-state index < -0.39 is 0 Å². The Morgan fingerprint density at radius 2 is 1.20 bits per heavy atom. The van der Waals surface area contributed by atoms with Crippen LogP contribution in [-0.4, -0.2) is 11.8 Å². The minimum atomic E-state index is 0.818. The molecule has 0 radical (unpaired) electrons. The van der Waals surface area contributed by atoms with Gasteiger partial charge in [-0.2, -0.15) is 0 Å². The molecular formula is C18H28Cl2. The molecule has 0 aromatic carbocycles. The van der Waals surface area contributed by atoms with E-state index in [2.05, 4.69) is 12.2 Å². The molecule has 20 heavy (non-hydrogen) atoms. The molecule has 0 aromatic rings. The van der Waals surface area contributed by atoms with Gasteiger partial charge in [0.15, 0.2) is 0 Å². The Balaban J connectivity index is 1.77. The number of hydrogen-bond donors (Lipinski definition) is 0. The zero-order valence-electron chi connectivity index (χ0n) is 12.6. The molecule has 0 spiro atoms. The minimum Gasteiger partial charge on any atom is -0.127 e. The summed E-state index contributed by atoms with van der Waals surface area (Å²) < 4.78 is 0. The lowest BCUT2D eigenvalue weighted by molar-refractivity contribution is 0.545. The molecule has 2 aliphatic carbocycles. The summed E-state index contributed by atoms with van der Waals surface area (Å²) in [6, 6.07) is 0. The van der Waals surface area contributed by atoms with E-state index in [0.29, 0.717) is 0 Å². The number of rotatable bonds is 9. The maximum atomic E-state index is 5.75. The fourth-order valence-corrected chi connectivity index (χ4v) is 3.95. The third-order valence-electron chi connectivity index (χ3n) is 4.77. The summed E-state index contributed by atoms with van der Waals surface area (Å²) in [6.07, 6.45) is 18.1. The van der Waals surface area contributed by atoms with Crippen molar-refractivity contribution in [1.82, 2.24) is 0 Å². The van der Waals surface area contributed by atoms with E-state index in [1.165, 1.54) is 64.2 Å². The van der Waals surface area contributed by atoms with E-state index in [0.717, 1.165) is 23.6 Å². The molecular weight excluding hydrogens is 287 g/mol. The topological polar surface area (TPSA) is 0 Å². The second-order valence-electron chi connectivity index (χ2n) is 6.35. The molecule has 0 bridgehead atoms. The van der Waals surface area contributed by atoms with Crippen molar-refractivity contribution in [3.8, 4) is 0 Å². The van der Waals surface area contributed by atoms with Gasteiger partial charge in [-0.15, -0.1) is 23.2 Å². The minimum absolute atomic E-state index is 0.818. The van der Waals surface area contributed by atoms with Crippen LogP contribution < -0.4 is 0 Å². The summed E-state index contributed by atoms with van der Waals surface area (Å²) in [6.45, 7) is 0. The maximum absolute atomic E-state index is 5.75. The first kappa shape index (κ1) is 16.4. The summed E-state index contributed by atoms with van der Waals surface area (Å²) in [7, 11) is 0. The molecule has 114 valence electrons. The van der Waals surface area contributed by atoms with Gasteiger partial charge in [0.25, 0.3) is 0 Å². The number of allylic oxidation sites excluding steroid dienone is 4.